The van der Waals surface area contributed by atoms with Gasteiger partial charge >= 0.3 is 5.97 Å². The van der Waals surface area contributed by atoms with Crippen molar-refractivity contribution >= 4 is 12.0 Å². The number of hydrogen-bond acceptors (Lipinski definition) is 3. The molecule has 0 unspecified atom stereocenters. The molecule has 4 nitrogen and oxygen atoms in total. The summed E-state index contributed by atoms with van der Waals surface area (Å²) in [6, 6.07) is 4.85. The lowest BCUT2D eigenvalue weighted by atomic mass is 10.2. The van der Waals surface area contributed by atoms with Crippen LogP contribution in [0.2, 0.25) is 0 Å². The van der Waals surface area contributed by atoms with Crippen molar-refractivity contribution in [2.45, 2.75) is 6.92 Å². The zero-order chi connectivity index (χ0) is 15.4. The van der Waals surface area contributed by atoms with Crippen molar-refractivity contribution in [2.24, 2.45) is 0 Å². The zero-order valence-corrected chi connectivity index (χ0v) is 11.0. The van der Waals surface area contributed by atoms with Crippen LogP contribution >= 0.6 is 0 Å². The van der Waals surface area contributed by atoms with Crippen molar-refractivity contribution in [3.63, 3.8) is 0 Å². The number of aryl methyl sites for hydroxylation is 1. The van der Waals surface area contributed by atoms with Gasteiger partial charge in [0.05, 0.1) is 0 Å². The van der Waals surface area contributed by atoms with Gasteiger partial charge in [-0.25, -0.2) is 18.6 Å². The van der Waals surface area contributed by atoms with Crippen LogP contribution in [0, 0.1) is 18.6 Å². The monoisotopic (exact) mass is 291 g/mol. The highest BCUT2D eigenvalue weighted by Gasteiger charge is 2.07. The minimum Gasteiger partial charge on any atom is -0.478 e. The van der Waals surface area contributed by atoms with Gasteiger partial charge in [-0.05, 0) is 36.8 Å². The summed E-state index contributed by atoms with van der Waals surface area (Å²) in [6.07, 6.45) is 3.80. The molecule has 0 atom stereocenters. The smallest absolute Gasteiger partial charge is 0.328 e. The van der Waals surface area contributed by atoms with Crippen LogP contribution in [0.3, 0.4) is 0 Å². The van der Waals surface area contributed by atoms with Gasteiger partial charge in [-0.2, -0.15) is 0 Å². The Balaban J connectivity index is 2.21. The van der Waals surface area contributed by atoms with Crippen molar-refractivity contribution in [3.8, 4) is 11.6 Å². The molecule has 1 aromatic carbocycles. The Kier molecular flexibility index (Phi) is 4.27. The average Bonchev–Trinajstić information content (AvgIpc) is 2.43. The highest BCUT2D eigenvalue weighted by Crippen LogP contribution is 2.24. The Bertz CT molecular complexity index is 714. The normalized spacial score (nSPS) is 10.8. The van der Waals surface area contributed by atoms with Crippen LogP contribution in [-0.4, -0.2) is 16.1 Å². The molecule has 2 aromatic rings. The van der Waals surface area contributed by atoms with Crippen molar-refractivity contribution in [1.29, 1.82) is 0 Å². The molecule has 6 heteroatoms. The topological polar surface area (TPSA) is 59.4 Å². The molecule has 0 spiro atoms. The van der Waals surface area contributed by atoms with E-state index in [0.717, 1.165) is 18.2 Å². The summed E-state index contributed by atoms with van der Waals surface area (Å²) in [5.74, 6) is -2.67. The van der Waals surface area contributed by atoms with E-state index in [2.05, 4.69) is 4.98 Å². The first-order valence-electron chi connectivity index (χ1n) is 5.96. The fraction of sp³-hybridized carbons (Fsp3) is 0.0667. The van der Waals surface area contributed by atoms with Crippen LogP contribution in [0.15, 0.2) is 36.5 Å². The van der Waals surface area contributed by atoms with E-state index >= 15 is 0 Å². The molecule has 0 amide bonds. The highest BCUT2D eigenvalue weighted by molar-refractivity contribution is 5.85. The number of aliphatic carboxylic acids is 1. The van der Waals surface area contributed by atoms with Crippen LogP contribution in [0.1, 0.15) is 11.1 Å². The standard InChI is InChI=1S/C15H11F2NO3/c1-9-6-10(2-5-14(19)20)8-18-15(9)21-11-3-4-12(16)13(17)7-11/h2-8H,1H3,(H,19,20)/b5-2+. The number of halogens is 2. The molecule has 1 aromatic heterocycles. The van der Waals surface area contributed by atoms with Gasteiger partial charge in [0.2, 0.25) is 5.88 Å². The Hall–Kier alpha value is -2.76. The first-order chi connectivity index (χ1) is 9.95. The maximum atomic E-state index is 13.1. The van der Waals surface area contributed by atoms with Gasteiger partial charge in [0, 0.05) is 23.9 Å². The van der Waals surface area contributed by atoms with Crippen LogP contribution in [0.4, 0.5) is 8.78 Å². The molecule has 2 rings (SSSR count). The molecule has 1 heterocycles. The lowest BCUT2D eigenvalue weighted by molar-refractivity contribution is -0.131. The number of carboxylic acid groups (broad SMARTS) is 1. The van der Waals surface area contributed by atoms with E-state index in [1.54, 1.807) is 13.0 Å². The van der Waals surface area contributed by atoms with E-state index in [4.69, 9.17) is 9.84 Å². The maximum Gasteiger partial charge on any atom is 0.328 e. The number of hydrogen-bond donors (Lipinski definition) is 1. The summed E-state index contributed by atoms with van der Waals surface area (Å²) in [7, 11) is 0. The Morgan fingerprint density at radius 2 is 2.05 bits per heavy atom. The number of aromatic nitrogens is 1. The predicted octanol–water partition coefficient (Wildman–Crippen LogP) is 3.56. The second-order valence-corrected chi connectivity index (χ2v) is 4.24. The number of benzene rings is 1. The number of carboxylic acids is 1. The van der Waals surface area contributed by atoms with Gasteiger partial charge in [0.15, 0.2) is 11.6 Å². The Morgan fingerprint density at radius 1 is 1.29 bits per heavy atom. The molecule has 21 heavy (non-hydrogen) atoms. The van der Waals surface area contributed by atoms with Gasteiger partial charge in [-0.15, -0.1) is 0 Å². The molecule has 0 aliphatic rings. The van der Waals surface area contributed by atoms with Crippen molar-refractivity contribution in [1.82, 2.24) is 4.98 Å². The fourth-order valence-electron chi connectivity index (χ4n) is 1.60. The number of carbonyl (C=O) groups is 1. The molecule has 0 saturated carbocycles. The molecule has 0 aliphatic heterocycles. The summed E-state index contributed by atoms with van der Waals surface area (Å²) >= 11 is 0. The van der Waals surface area contributed by atoms with E-state index in [0.29, 0.717) is 11.1 Å². The molecule has 0 aliphatic carbocycles. The second kappa shape index (κ2) is 6.13. The molecular formula is C15H11F2NO3. The van der Waals surface area contributed by atoms with E-state index < -0.39 is 17.6 Å². The minimum atomic E-state index is -1.06. The third-order valence-electron chi connectivity index (χ3n) is 2.58. The third-order valence-corrected chi connectivity index (χ3v) is 2.58. The fourth-order valence-corrected chi connectivity index (χ4v) is 1.60. The Labute approximate surface area is 119 Å². The number of nitrogens with zero attached hydrogens (tertiary/aromatic N) is 1. The first kappa shape index (κ1) is 14.6. The summed E-state index contributed by atoms with van der Waals surface area (Å²) in [5.41, 5.74) is 1.22. The SMILES string of the molecule is Cc1cc(/C=C/C(=O)O)cnc1Oc1ccc(F)c(F)c1. The summed E-state index contributed by atoms with van der Waals surface area (Å²) < 4.78 is 31.3. The number of rotatable bonds is 4. The molecule has 0 bridgehead atoms. The average molecular weight is 291 g/mol. The summed E-state index contributed by atoms with van der Waals surface area (Å²) in [6.45, 7) is 1.71. The number of pyridine rings is 1. The van der Waals surface area contributed by atoms with E-state index in [-0.39, 0.29) is 11.6 Å². The van der Waals surface area contributed by atoms with Gasteiger partial charge in [-0.1, -0.05) is 0 Å². The predicted molar refractivity (Wildman–Crippen MR) is 72.1 cm³/mol. The lowest BCUT2D eigenvalue weighted by Gasteiger charge is -2.08. The van der Waals surface area contributed by atoms with Crippen LogP contribution in [0.25, 0.3) is 6.08 Å². The second-order valence-electron chi connectivity index (χ2n) is 4.24. The van der Waals surface area contributed by atoms with Crippen molar-refractivity contribution in [2.75, 3.05) is 0 Å². The highest BCUT2D eigenvalue weighted by atomic mass is 19.2. The molecular weight excluding hydrogens is 280 g/mol. The van der Waals surface area contributed by atoms with Crippen molar-refractivity contribution < 1.29 is 23.4 Å². The Morgan fingerprint density at radius 3 is 2.67 bits per heavy atom. The van der Waals surface area contributed by atoms with E-state index in [1.165, 1.54) is 18.3 Å². The van der Waals surface area contributed by atoms with Gasteiger partial charge in [0.25, 0.3) is 0 Å². The number of ether oxygens (including phenoxy) is 1. The largest absolute Gasteiger partial charge is 0.478 e. The van der Waals surface area contributed by atoms with Crippen LogP contribution in [0.5, 0.6) is 11.6 Å². The maximum absolute atomic E-state index is 13.1. The van der Waals surface area contributed by atoms with Gasteiger partial charge in [-0.3, -0.25) is 0 Å². The van der Waals surface area contributed by atoms with Gasteiger partial charge in [0.1, 0.15) is 5.75 Å². The van der Waals surface area contributed by atoms with Crippen LogP contribution < -0.4 is 4.74 Å². The van der Waals surface area contributed by atoms with Crippen LogP contribution in [-0.2, 0) is 4.79 Å². The lowest BCUT2D eigenvalue weighted by Crippen LogP contribution is -1.94. The quantitative estimate of drug-likeness (QED) is 0.875. The molecule has 0 radical (unpaired) electrons. The van der Waals surface area contributed by atoms with E-state index in [1.807, 2.05) is 0 Å². The van der Waals surface area contributed by atoms with Gasteiger partial charge < -0.3 is 9.84 Å². The molecule has 0 saturated heterocycles. The summed E-state index contributed by atoms with van der Waals surface area (Å²) in [5, 5.41) is 8.54. The van der Waals surface area contributed by atoms with Crippen molar-refractivity contribution in [3.05, 3.63) is 59.3 Å². The summed E-state index contributed by atoms with van der Waals surface area (Å²) in [4.78, 5) is 14.4. The molecule has 1 N–H and O–H groups in total. The zero-order valence-electron chi connectivity index (χ0n) is 11.0. The first-order valence-corrected chi connectivity index (χ1v) is 5.96. The molecule has 108 valence electrons. The van der Waals surface area contributed by atoms with E-state index in [9.17, 15) is 13.6 Å². The molecule has 0 fully saturated rings. The minimum absolute atomic E-state index is 0.123. The third kappa shape index (κ3) is 3.85.